The van der Waals surface area contributed by atoms with E-state index in [1.807, 2.05) is 12.1 Å². The second kappa shape index (κ2) is 7.27. The zero-order chi connectivity index (χ0) is 17.9. The number of rotatable bonds is 3. The molecule has 0 radical (unpaired) electrons. The van der Waals surface area contributed by atoms with E-state index in [9.17, 15) is 9.59 Å². The lowest BCUT2D eigenvalue weighted by molar-refractivity contribution is -0.140. The maximum Gasteiger partial charge on any atom is 0.242 e. The van der Waals surface area contributed by atoms with Crippen molar-refractivity contribution < 1.29 is 14.0 Å². The summed E-state index contributed by atoms with van der Waals surface area (Å²) in [6, 6.07) is 3.74. The first-order valence-electron chi connectivity index (χ1n) is 9.15. The van der Waals surface area contributed by atoms with Gasteiger partial charge in [-0.3, -0.25) is 14.6 Å². The van der Waals surface area contributed by atoms with E-state index in [4.69, 9.17) is 4.42 Å². The fourth-order valence-corrected chi connectivity index (χ4v) is 3.49. The lowest BCUT2D eigenvalue weighted by atomic mass is 10.1. The molecule has 2 aromatic heterocycles. The Hall–Kier alpha value is -2.70. The van der Waals surface area contributed by atoms with Crippen molar-refractivity contribution in [2.24, 2.45) is 0 Å². The van der Waals surface area contributed by atoms with Gasteiger partial charge < -0.3 is 14.2 Å². The van der Waals surface area contributed by atoms with Gasteiger partial charge in [0.05, 0.1) is 18.7 Å². The molecule has 1 saturated heterocycles. The number of carbonyl (C=O) groups excluding carboxylic acids is 2. The number of nitrogens with zero attached hydrogens (tertiary/aromatic N) is 4. The van der Waals surface area contributed by atoms with Crippen LogP contribution in [-0.2, 0) is 22.6 Å². The third-order valence-electron chi connectivity index (χ3n) is 4.99. The maximum absolute atomic E-state index is 12.7. The molecule has 0 saturated carbocycles. The van der Waals surface area contributed by atoms with Crippen LogP contribution in [0.15, 0.2) is 28.9 Å². The highest BCUT2D eigenvalue weighted by Gasteiger charge is 2.28. The molecule has 136 valence electrons. The van der Waals surface area contributed by atoms with E-state index >= 15 is 0 Å². The predicted octanol–water partition coefficient (Wildman–Crippen LogP) is 2.02. The number of oxazole rings is 1. The molecule has 1 fully saturated rings. The van der Waals surface area contributed by atoms with Crippen LogP contribution in [0.1, 0.15) is 37.1 Å². The summed E-state index contributed by atoms with van der Waals surface area (Å²) in [7, 11) is 0. The van der Waals surface area contributed by atoms with Gasteiger partial charge >= 0.3 is 0 Å². The second-order valence-corrected chi connectivity index (χ2v) is 6.82. The van der Waals surface area contributed by atoms with Gasteiger partial charge in [0.2, 0.25) is 17.7 Å². The summed E-state index contributed by atoms with van der Waals surface area (Å²) < 4.78 is 5.85. The zero-order valence-electron chi connectivity index (χ0n) is 14.7. The Balaban J connectivity index is 1.44. The third-order valence-corrected chi connectivity index (χ3v) is 4.99. The maximum atomic E-state index is 12.7. The minimum absolute atomic E-state index is 0.0168. The molecule has 0 bridgehead atoms. The molecule has 0 spiro atoms. The fraction of sp³-hybridized carbons (Fsp3) is 0.474. The van der Waals surface area contributed by atoms with Crippen LogP contribution in [-0.4, -0.2) is 51.2 Å². The fourth-order valence-electron chi connectivity index (χ4n) is 3.49. The van der Waals surface area contributed by atoms with Crippen molar-refractivity contribution in [1.82, 2.24) is 19.8 Å². The number of aromatic nitrogens is 2. The van der Waals surface area contributed by atoms with Crippen molar-refractivity contribution in [2.45, 2.75) is 38.6 Å². The van der Waals surface area contributed by atoms with Crippen LogP contribution in [0.3, 0.4) is 0 Å². The van der Waals surface area contributed by atoms with E-state index in [0.29, 0.717) is 38.4 Å². The van der Waals surface area contributed by atoms with Crippen LogP contribution in [0.2, 0.25) is 0 Å². The van der Waals surface area contributed by atoms with Gasteiger partial charge in [-0.15, -0.1) is 0 Å². The van der Waals surface area contributed by atoms with Crippen LogP contribution in [0, 0.1) is 0 Å². The van der Waals surface area contributed by atoms with Gasteiger partial charge in [0.25, 0.3) is 0 Å². The van der Waals surface area contributed by atoms with E-state index in [-0.39, 0.29) is 18.4 Å². The Morgan fingerprint density at radius 2 is 2.12 bits per heavy atom. The Morgan fingerprint density at radius 3 is 2.96 bits per heavy atom. The normalized spacial score (nSPS) is 17.8. The van der Waals surface area contributed by atoms with Gasteiger partial charge in [0, 0.05) is 38.3 Å². The molecule has 2 aliphatic heterocycles. The standard InChI is InChI=1S/C19H22N4O3/c24-17-6-2-1-3-9-22(17)13-18(25)23-10-7-16-15(12-23)21-19(26-16)14-5-4-8-20-11-14/h4-5,8,11H,1-3,6-7,9-10,12-13H2. The number of pyridine rings is 1. The van der Waals surface area contributed by atoms with Gasteiger partial charge in [-0.25, -0.2) is 4.98 Å². The van der Waals surface area contributed by atoms with Crippen LogP contribution >= 0.6 is 0 Å². The van der Waals surface area contributed by atoms with E-state index in [0.717, 1.165) is 36.3 Å². The molecule has 26 heavy (non-hydrogen) atoms. The average Bonchev–Trinajstić information content (AvgIpc) is 3.00. The molecule has 2 amide bonds. The van der Waals surface area contributed by atoms with E-state index < -0.39 is 0 Å². The smallest absolute Gasteiger partial charge is 0.242 e. The second-order valence-electron chi connectivity index (χ2n) is 6.82. The number of carbonyl (C=O) groups is 2. The first-order valence-corrected chi connectivity index (χ1v) is 9.15. The number of hydrogen-bond acceptors (Lipinski definition) is 5. The van der Waals surface area contributed by atoms with Crippen molar-refractivity contribution in [3.63, 3.8) is 0 Å². The molecule has 2 aromatic rings. The Labute approximate surface area is 152 Å². The number of likely N-dealkylation sites (tertiary alicyclic amines) is 1. The summed E-state index contributed by atoms with van der Waals surface area (Å²) in [6.45, 7) is 1.87. The van der Waals surface area contributed by atoms with Gasteiger partial charge in [-0.2, -0.15) is 0 Å². The highest BCUT2D eigenvalue weighted by Crippen LogP contribution is 2.25. The molecule has 7 heteroatoms. The van der Waals surface area contributed by atoms with Crippen molar-refractivity contribution in [2.75, 3.05) is 19.6 Å². The highest BCUT2D eigenvalue weighted by molar-refractivity contribution is 5.85. The summed E-state index contributed by atoms with van der Waals surface area (Å²) in [5.74, 6) is 1.45. The molecule has 0 unspecified atom stereocenters. The van der Waals surface area contributed by atoms with Gasteiger partial charge in [-0.05, 0) is 25.0 Å². The molecular weight excluding hydrogens is 332 g/mol. The van der Waals surface area contributed by atoms with Gasteiger partial charge in [0.15, 0.2) is 0 Å². The summed E-state index contributed by atoms with van der Waals surface area (Å²) in [6.07, 6.45) is 7.56. The number of hydrogen-bond donors (Lipinski definition) is 0. The zero-order valence-corrected chi connectivity index (χ0v) is 14.7. The molecule has 0 aliphatic carbocycles. The van der Waals surface area contributed by atoms with Crippen LogP contribution in [0.25, 0.3) is 11.5 Å². The SMILES string of the molecule is O=C1CCCCCN1CC(=O)N1CCc2oc(-c3cccnc3)nc2C1. The van der Waals surface area contributed by atoms with Gasteiger partial charge in [-0.1, -0.05) is 6.42 Å². The molecule has 0 aromatic carbocycles. The summed E-state index contributed by atoms with van der Waals surface area (Å²) in [4.78, 5) is 36.9. The van der Waals surface area contributed by atoms with Crippen molar-refractivity contribution in [3.8, 4) is 11.5 Å². The predicted molar refractivity (Wildman–Crippen MR) is 93.9 cm³/mol. The Bertz CT molecular complexity index is 802. The van der Waals surface area contributed by atoms with Crippen molar-refractivity contribution in [3.05, 3.63) is 36.0 Å². The average molecular weight is 354 g/mol. The minimum atomic E-state index is -0.0168. The lowest BCUT2D eigenvalue weighted by Crippen LogP contribution is -2.44. The monoisotopic (exact) mass is 354 g/mol. The molecular formula is C19H22N4O3. The first-order chi connectivity index (χ1) is 12.7. The van der Waals surface area contributed by atoms with Crippen molar-refractivity contribution in [1.29, 1.82) is 0 Å². The topological polar surface area (TPSA) is 79.5 Å². The molecule has 4 rings (SSSR count). The molecule has 7 nitrogen and oxygen atoms in total. The highest BCUT2D eigenvalue weighted by atomic mass is 16.4. The Morgan fingerprint density at radius 1 is 1.19 bits per heavy atom. The Kier molecular flexibility index (Phi) is 4.69. The lowest BCUT2D eigenvalue weighted by Gasteiger charge is -2.28. The van der Waals surface area contributed by atoms with E-state index in [1.165, 1.54) is 0 Å². The first kappa shape index (κ1) is 16.8. The molecule has 0 atom stereocenters. The molecule has 0 N–H and O–H groups in total. The van der Waals surface area contributed by atoms with Crippen LogP contribution in [0.4, 0.5) is 0 Å². The summed E-state index contributed by atoms with van der Waals surface area (Å²) in [5, 5.41) is 0. The van der Waals surface area contributed by atoms with E-state index in [1.54, 1.807) is 22.2 Å². The summed E-state index contributed by atoms with van der Waals surface area (Å²) in [5.41, 5.74) is 1.63. The van der Waals surface area contributed by atoms with Crippen molar-refractivity contribution >= 4 is 11.8 Å². The molecule has 2 aliphatic rings. The van der Waals surface area contributed by atoms with Crippen LogP contribution in [0.5, 0.6) is 0 Å². The summed E-state index contributed by atoms with van der Waals surface area (Å²) >= 11 is 0. The number of amides is 2. The number of fused-ring (bicyclic) bond motifs is 1. The minimum Gasteiger partial charge on any atom is -0.441 e. The van der Waals surface area contributed by atoms with Gasteiger partial charge in [0.1, 0.15) is 11.5 Å². The van der Waals surface area contributed by atoms with Crippen LogP contribution < -0.4 is 0 Å². The molecule has 4 heterocycles. The van der Waals surface area contributed by atoms with E-state index in [2.05, 4.69) is 9.97 Å². The third kappa shape index (κ3) is 3.47. The largest absolute Gasteiger partial charge is 0.441 e. The quantitative estimate of drug-likeness (QED) is 0.842.